The maximum atomic E-state index is 10.8. The Morgan fingerprint density at radius 3 is 2.13 bits per heavy atom. The Hall–Kier alpha value is -1.85. The Balaban J connectivity index is 3.55. The molecule has 0 atom stereocenters. The Morgan fingerprint density at radius 2 is 1.67 bits per heavy atom. The third-order valence-electron chi connectivity index (χ3n) is 1.18. The van der Waals surface area contributed by atoms with E-state index in [4.69, 9.17) is 0 Å². The molecule has 6 nitrogen and oxygen atoms in total. The lowest BCUT2D eigenvalue weighted by molar-refractivity contribution is -0.140. The summed E-state index contributed by atoms with van der Waals surface area (Å²) < 4.78 is 9.14. The number of esters is 1. The SMILES string of the molecule is C=C(C)C(=O)OCCOC(=O)NC(C)=O. The molecule has 0 spiro atoms. The van der Waals surface area contributed by atoms with Gasteiger partial charge in [0.05, 0.1) is 0 Å². The van der Waals surface area contributed by atoms with Crippen LogP contribution in [0.25, 0.3) is 0 Å². The van der Waals surface area contributed by atoms with Crippen molar-refractivity contribution in [3.05, 3.63) is 12.2 Å². The van der Waals surface area contributed by atoms with Crippen LogP contribution < -0.4 is 5.32 Å². The maximum Gasteiger partial charge on any atom is 0.413 e. The van der Waals surface area contributed by atoms with Gasteiger partial charge in [0.15, 0.2) is 0 Å². The molecule has 84 valence electrons. The standard InChI is InChI=1S/C9H13NO5/c1-6(2)8(12)14-4-5-15-9(13)10-7(3)11/h1,4-5H2,2-3H3,(H,10,11,13). The van der Waals surface area contributed by atoms with Crippen LogP contribution in [0.2, 0.25) is 0 Å². The molecule has 0 heterocycles. The Labute approximate surface area is 87.2 Å². The van der Waals surface area contributed by atoms with Gasteiger partial charge >= 0.3 is 12.1 Å². The van der Waals surface area contributed by atoms with E-state index in [2.05, 4.69) is 16.1 Å². The molecule has 0 aromatic heterocycles. The molecule has 15 heavy (non-hydrogen) atoms. The van der Waals surface area contributed by atoms with E-state index >= 15 is 0 Å². The maximum absolute atomic E-state index is 10.8. The fraction of sp³-hybridized carbons (Fsp3) is 0.444. The molecule has 0 fully saturated rings. The number of ether oxygens (including phenoxy) is 2. The minimum Gasteiger partial charge on any atom is -0.459 e. The van der Waals surface area contributed by atoms with Gasteiger partial charge in [0.25, 0.3) is 0 Å². The zero-order valence-corrected chi connectivity index (χ0v) is 8.66. The molecule has 0 rings (SSSR count). The predicted octanol–water partition coefficient (Wildman–Crippen LogP) is 0.378. The third kappa shape index (κ3) is 7.24. The molecule has 2 amide bonds. The van der Waals surface area contributed by atoms with Crippen LogP contribution in [-0.4, -0.2) is 31.2 Å². The summed E-state index contributed by atoms with van der Waals surface area (Å²) in [6.45, 7) is 5.87. The number of nitrogens with one attached hydrogen (secondary N) is 1. The van der Waals surface area contributed by atoms with Crippen LogP contribution >= 0.6 is 0 Å². The van der Waals surface area contributed by atoms with Crippen molar-refractivity contribution in [3.63, 3.8) is 0 Å². The Bertz CT molecular complexity index is 284. The molecule has 0 aliphatic carbocycles. The average Bonchev–Trinajstić information content (AvgIpc) is 2.10. The molecule has 0 aromatic rings. The Morgan fingerprint density at radius 1 is 1.13 bits per heavy atom. The van der Waals surface area contributed by atoms with E-state index in [0.717, 1.165) is 0 Å². The lowest BCUT2D eigenvalue weighted by Gasteiger charge is -2.05. The van der Waals surface area contributed by atoms with Crippen LogP contribution in [0, 0.1) is 0 Å². The topological polar surface area (TPSA) is 81.7 Å². The smallest absolute Gasteiger partial charge is 0.413 e. The van der Waals surface area contributed by atoms with Crippen LogP contribution in [0.3, 0.4) is 0 Å². The van der Waals surface area contributed by atoms with Crippen molar-refractivity contribution in [2.24, 2.45) is 0 Å². The van der Waals surface area contributed by atoms with Gasteiger partial charge in [0.2, 0.25) is 5.91 Å². The van der Waals surface area contributed by atoms with Crippen LogP contribution in [0.15, 0.2) is 12.2 Å². The van der Waals surface area contributed by atoms with Gasteiger partial charge in [-0.05, 0) is 6.92 Å². The fourth-order valence-corrected chi connectivity index (χ4v) is 0.572. The molecule has 0 aliphatic rings. The molecule has 1 N–H and O–H groups in total. The summed E-state index contributed by atoms with van der Waals surface area (Å²) in [4.78, 5) is 31.9. The molecular weight excluding hydrogens is 202 g/mol. The lowest BCUT2D eigenvalue weighted by atomic mass is 10.4. The highest BCUT2D eigenvalue weighted by Crippen LogP contribution is 1.91. The number of hydrogen-bond donors (Lipinski definition) is 1. The first-order valence-corrected chi connectivity index (χ1v) is 4.20. The number of imide groups is 1. The van der Waals surface area contributed by atoms with Gasteiger partial charge in [-0.3, -0.25) is 10.1 Å². The molecule has 6 heteroatoms. The van der Waals surface area contributed by atoms with Gasteiger partial charge in [0.1, 0.15) is 13.2 Å². The van der Waals surface area contributed by atoms with Crippen molar-refractivity contribution in [2.45, 2.75) is 13.8 Å². The van der Waals surface area contributed by atoms with Gasteiger partial charge in [0, 0.05) is 12.5 Å². The summed E-state index contributed by atoms with van der Waals surface area (Å²) in [6.07, 6.45) is -0.867. The number of carbonyl (C=O) groups excluding carboxylic acids is 3. The van der Waals surface area contributed by atoms with Gasteiger partial charge in [-0.15, -0.1) is 0 Å². The summed E-state index contributed by atoms with van der Waals surface area (Å²) >= 11 is 0. The van der Waals surface area contributed by atoms with Crippen molar-refractivity contribution in [2.75, 3.05) is 13.2 Å². The van der Waals surface area contributed by atoms with E-state index in [-0.39, 0.29) is 18.8 Å². The van der Waals surface area contributed by atoms with E-state index in [0.29, 0.717) is 0 Å². The largest absolute Gasteiger partial charge is 0.459 e. The fourth-order valence-electron chi connectivity index (χ4n) is 0.572. The first kappa shape index (κ1) is 13.2. The van der Waals surface area contributed by atoms with Crippen molar-refractivity contribution in [1.82, 2.24) is 5.32 Å². The van der Waals surface area contributed by atoms with Crippen LogP contribution in [0.4, 0.5) is 4.79 Å². The average molecular weight is 215 g/mol. The quantitative estimate of drug-likeness (QED) is 0.416. The van der Waals surface area contributed by atoms with E-state index < -0.39 is 18.0 Å². The first-order valence-electron chi connectivity index (χ1n) is 4.20. The summed E-state index contributed by atoms with van der Waals surface area (Å²) in [7, 11) is 0. The van der Waals surface area contributed by atoms with E-state index in [1.807, 2.05) is 5.32 Å². The number of amides is 2. The monoisotopic (exact) mass is 215 g/mol. The number of alkyl carbamates (subject to hydrolysis) is 1. The molecule has 0 saturated heterocycles. The highest BCUT2D eigenvalue weighted by atomic mass is 16.6. The van der Waals surface area contributed by atoms with Gasteiger partial charge in [-0.25, -0.2) is 9.59 Å². The minimum atomic E-state index is -0.867. The normalized spacial score (nSPS) is 8.93. The van der Waals surface area contributed by atoms with Gasteiger partial charge in [-0.2, -0.15) is 0 Å². The van der Waals surface area contributed by atoms with Crippen molar-refractivity contribution in [1.29, 1.82) is 0 Å². The van der Waals surface area contributed by atoms with Crippen molar-refractivity contribution < 1.29 is 23.9 Å². The number of carbonyl (C=O) groups is 3. The van der Waals surface area contributed by atoms with E-state index in [1.165, 1.54) is 13.8 Å². The van der Waals surface area contributed by atoms with Crippen LogP contribution in [0.1, 0.15) is 13.8 Å². The van der Waals surface area contributed by atoms with E-state index in [1.54, 1.807) is 0 Å². The molecule has 0 saturated carbocycles. The summed E-state index contributed by atoms with van der Waals surface area (Å²) in [5, 5.41) is 1.90. The molecule has 0 aromatic carbocycles. The second-order valence-electron chi connectivity index (χ2n) is 2.73. The molecule has 0 bridgehead atoms. The minimum absolute atomic E-state index is 0.0724. The molecular formula is C9H13NO5. The van der Waals surface area contributed by atoms with Crippen molar-refractivity contribution >= 4 is 18.0 Å². The second kappa shape index (κ2) is 6.58. The summed E-state index contributed by atoms with van der Waals surface area (Å²) in [5.74, 6) is -1.07. The molecule has 0 radical (unpaired) electrons. The summed E-state index contributed by atoms with van der Waals surface area (Å²) in [5.41, 5.74) is 0.267. The lowest BCUT2D eigenvalue weighted by Crippen LogP contribution is -2.29. The number of rotatable bonds is 4. The second-order valence-corrected chi connectivity index (χ2v) is 2.73. The van der Waals surface area contributed by atoms with Gasteiger partial charge in [-0.1, -0.05) is 6.58 Å². The summed E-state index contributed by atoms with van der Waals surface area (Å²) in [6, 6.07) is 0. The zero-order valence-electron chi connectivity index (χ0n) is 8.66. The Kier molecular flexibility index (Phi) is 5.77. The first-order chi connectivity index (χ1) is 6.93. The van der Waals surface area contributed by atoms with Gasteiger partial charge < -0.3 is 9.47 Å². The predicted molar refractivity (Wildman–Crippen MR) is 50.9 cm³/mol. The highest BCUT2D eigenvalue weighted by Gasteiger charge is 2.05. The van der Waals surface area contributed by atoms with Crippen LogP contribution in [-0.2, 0) is 19.1 Å². The number of hydrogen-bond acceptors (Lipinski definition) is 5. The molecule has 0 unspecified atom stereocenters. The van der Waals surface area contributed by atoms with E-state index in [9.17, 15) is 14.4 Å². The highest BCUT2D eigenvalue weighted by molar-refractivity contribution is 5.90. The van der Waals surface area contributed by atoms with Crippen LogP contribution in [0.5, 0.6) is 0 Å². The van der Waals surface area contributed by atoms with Crippen molar-refractivity contribution in [3.8, 4) is 0 Å². The zero-order chi connectivity index (χ0) is 11.8. The third-order valence-corrected chi connectivity index (χ3v) is 1.18. The molecule has 0 aliphatic heterocycles.